The summed E-state index contributed by atoms with van der Waals surface area (Å²) in [4.78, 5) is 2.24. The Morgan fingerprint density at radius 2 is 2.39 bits per heavy atom. The normalized spacial score (nSPS) is 23.0. The number of hydrogen-bond acceptors (Lipinski definition) is 4. The summed E-state index contributed by atoms with van der Waals surface area (Å²) in [6, 6.07) is 4.45. The number of rotatable bonds is 3. The smallest absolute Gasteiger partial charge is 0.123 e. The highest BCUT2D eigenvalue weighted by Crippen LogP contribution is 2.30. The van der Waals surface area contributed by atoms with E-state index in [-0.39, 0.29) is 17.9 Å². The Bertz CT molecular complexity index is 418. The lowest BCUT2D eigenvalue weighted by Crippen LogP contribution is -2.49. The van der Waals surface area contributed by atoms with Crippen LogP contribution in [0.4, 0.5) is 4.39 Å². The number of hydrazine groups is 1. The van der Waals surface area contributed by atoms with Gasteiger partial charge in [-0.25, -0.2) is 4.39 Å². The molecular weight excluding hydrogens is 273 g/mol. The molecule has 0 amide bonds. The quantitative estimate of drug-likeness (QED) is 0.660. The molecule has 1 heterocycles. The molecule has 2 unspecified atom stereocenters. The maximum absolute atomic E-state index is 13.4. The molecule has 0 spiro atoms. The Balaban J connectivity index is 2.29. The van der Waals surface area contributed by atoms with Gasteiger partial charge in [-0.2, -0.15) is 11.8 Å². The molecule has 3 nitrogen and oxygen atoms in total. The number of likely N-dealkylation sites (N-methyl/N-ethyl adjacent to an activating group) is 1. The van der Waals surface area contributed by atoms with Crippen LogP contribution < -0.4 is 11.3 Å². The van der Waals surface area contributed by atoms with Crippen LogP contribution in [0.25, 0.3) is 0 Å². The Morgan fingerprint density at radius 3 is 3.06 bits per heavy atom. The fourth-order valence-electron chi connectivity index (χ4n) is 2.22. The van der Waals surface area contributed by atoms with E-state index >= 15 is 0 Å². The summed E-state index contributed by atoms with van der Waals surface area (Å²) < 4.78 is 13.4. The van der Waals surface area contributed by atoms with Gasteiger partial charge in [0.15, 0.2) is 0 Å². The molecule has 18 heavy (non-hydrogen) atoms. The molecule has 2 rings (SSSR count). The van der Waals surface area contributed by atoms with Crippen LogP contribution in [0.2, 0.25) is 5.02 Å². The van der Waals surface area contributed by atoms with E-state index < -0.39 is 0 Å². The first kappa shape index (κ1) is 14.1. The molecule has 0 aliphatic carbocycles. The first-order valence-electron chi connectivity index (χ1n) is 5.82. The average Bonchev–Trinajstić information content (AvgIpc) is 2.36. The summed E-state index contributed by atoms with van der Waals surface area (Å²) in [6.07, 6.45) is 0. The zero-order valence-corrected chi connectivity index (χ0v) is 11.8. The summed E-state index contributed by atoms with van der Waals surface area (Å²) in [5.41, 5.74) is 3.50. The molecule has 0 bridgehead atoms. The molecule has 2 atom stereocenters. The molecule has 100 valence electrons. The molecule has 1 aliphatic rings. The van der Waals surface area contributed by atoms with Crippen molar-refractivity contribution in [1.29, 1.82) is 0 Å². The molecule has 0 aromatic heterocycles. The topological polar surface area (TPSA) is 41.3 Å². The van der Waals surface area contributed by atoms with Crippen molar-refractivity contribution < 1.29 is 4.39 Å². The average molecular weight is 290 g/mol. The predicted octanol–water partition coefficient (Wildman–Crippen LogP) is 2.03. The van der Waals surface area contributed by atoms with Crippen molar-refractivity contribution in [2.24, 2.45) is 5.84 Å². The minimum atomic E-state index is -0.291. The summed E-state index contributed by atoms with van der Waals surface area (Å²) >= 11 is 8.03. The highest BCUT2D eigenvalue weighted by atomic mass is 35.5. The first-order valence-corrected chi connectivity index (χ1v) is 7.36. The second kappa shape index (κ2) is 6.21. The van der Waals surface area contributed by atoms with E-state index in [1.165, 1.54) is 12.1 Å². The third-order valence-electron chi connectivity index (χ3n) is 3.30. The molecule has 0 saturated carbocycles. The van der Waals surface area contributed by atoms with E-state index in [4.69, 9.17) is 17.4 Å². The standard InChI is InChI=1S/C12H17ClFN3S/c1-17-4-5-18-7-11(17)12(16-15)9-6-8(14)2-3-10(9)13/h2-3,6,11-12,16H,4-5,7,15H2,1H3. The lowest BCUT2D eigenvalue weighted by Gasteiger charge is -2.37. The van der Waals surface area contributed by atoms with Gasteiger partial charge in [-0.1, -0.05) is 11.6 Å². The Kier molecular flexibility index (Phi) is 4.86. The SMILES string of the molecule is CN1CCSCC1C(NN)c1cc(F)ccc1Cl. The fourth-order valence-corrected chi connectivity index (χ4v) is 3.72. The Morgan fingerprint density at radius 1 is 1.61 bits per heavy atom. The number of nitrogens with two attached hydrogens (primary N) is 1. The first-order chi connectivity index (χ1) is 8.63. The minimum absolute atomic E-state index is 0.161. The van der Waals surface area contributed by atoms with Crippen molar-refractivity contribution in [1.82, 2.24) is 10.3 Å². The lowest BCUT2D eigenvalue weighted by atomic mass is 9.99. The molecule has 0 radical (unpaired) electrons. The predicted molar refractivity (Wildman–Crippen MR) is 75.2 cm³/mol. The number of halogens is 2. The van der Waals surface area contributed by atoms with Crippen molar-refractivity contribution in [3.63, 3.8) is 0 Å². The molecule has 1 aliphatic heterocycles. The zero-order chi connectivity index (χ0) is 13.1. The van der Waals surface area contributed by atoms with E-state index in [2.05, 4.69) is 17.4 Å². The van der Waals surface area contributed by atoms with Gasteiger partial charge in [0.1, 0.15) is 5.82 Å². The van der Waals surface area contributed by atoms with E-state index in [9.17, 15) is 4.39 Å². The fraction of sp³-hybridized carbons (Fsp3) is 0.500. The molecular formula is C12H17ClFN3S. The zero-order valence-electron chi connectivity index (χ0n) is 10.2. The van der Waals surface area contributed by atoms with Gasteiger partial charge < -0.3 is 0 Å². The molecule has 6 heteroatoms. The van der Waals surface area contributed by atoms with Crippen LogP contribution in [-0.4, -0.2) is 36.0 Å². The van der Waals surface area contributed by atoms with E-state index in [1.807, 2.05) is 11.8 Å². The third kappa shape index (κ3) is 2.97. The molecule has 1 saturated heterocycles. The van der Waals surface area contributed by atoms with Crippen molar-refractivity contribution in [2.75, 3.05) is 25.1 Å². The van der Waals surface area contributed by atoms with Crippen LogP contribution >= 0.6 is 23.4 Å². The maximum Gasteiger partial charge on any atom is 0.123 e. The second-order valence-electron chi connectivity index (χ2n) is 4.43. The lowest BCUT2D eigenvalue weighted by molar-refractivity contribution is 0.216. The maximum atomic E-state index is 13.4. The van der Waals surface area contributed by atoms with Gasteiger partial charge in [-0.05, 0) is 30.8 Å². The van der Waals surface area contributed by atoms with Gasteiger partial charge >= 0.3 is 0 Å². The van der Waals surface area contributed by atoms with Crippen LogP contribution in [0.3, 0.4) is 0 Å². The van der Waals surface area contributed by atoms with Crippen LogP contribution in [-0.2, 0) is 0 Å². The number of nitrogens with zero attached hydrogens (tertiary/aromatic N) is 1. The van der Waals surface area contributed by atoms with Gasteiger partial charge in [0, 0.05) is 29.1 Å². The number of benzene rings is 1. The number of thioether (sulfide) groups is 1. The van der Waals surface area contributed by atoms with Crippen LogP contribution in [0, 0.1) is 5.82 Å². The molecule has 1 fully saturated rings. The van der Waals surface area contributed by atoms with Gasteiger partial charge in [0.25, 0.3) is 0 Å². The van der Waals surface area contributed by atoms with Crippen LogP contribution in [0.5, 0.6) is 0 Å². The van der Waals surface area contributed by atoms with Crippen molar-refractivity contribution in [2.45, 2.75) is 12.1 Å². The Hall–Kier alpha value is -0.330. The van der Waals surface area contributed by atoms with Gasteiger partial charge in [-0.15, -0.1) is 0 Å². The van der Waals surface area contributed by atoms with Crippen molar-refractivity contribution in [3.05, 3.63) is 34.6 Å². The largest absolute Gasteiger partial charge is 0.300 e. The number of nitrogens with one attached hydrogen (secondary N) is 1. The van der Waals surface area contributed by atoms with Crippen molar-refractivity contribution in [3.8, 4) is 0 Å². The summed E-state index contributed by atoms with van der Waals surface area (Å²) in [5.74, 6) is 7.43. The van der Waals surface area contributed by atoms with Crippen molar-refractivity contribution >= 4 is 23.4 Å². The third-order valence-corrected chi connectivity index (χ3v) is 4.69. The highest BCUT2D eigenvalue weighted by Gasteiger charge is 2.29. The van der Waals surface area contributed by atoms with Gasteiger partial charge in [0.2, 0.25) is 0 Å². The number of hydrogen-bond donors (Lipinski definition) is 2. The van der Waals surface area contributed by atoms with Gasteiger partial charge in [0.05, 0.1) is 6.04 Å². The van der Waals surface area contributed by atoms with Crippen LogP contribution in [0.15, 0.2) is 18.2 Å². The highest BCUT2D eigenvalue weighted by molar-refractivity contribution is 7.99. The Labute approximate surface area is 116 Å². The molecule has 3 N–H and O–H groups in total. The van der Waals surface area contributed by atoms with Crippen LogP contribution in [0.1, 0.15) is 11.6 Å². The summed E-state index contributed by atoms with van der Waals surface area (Å²) in [7, 11) is 2.06. The molecule has 1 aromatic carbocycles. The van der Waals surface area contributed by atoms with Gasteiger partial charge in [-0.3, -0.25) is 16.2 Å². The minimum Gasteiger partial charge on any atom is -0.300 e. The molecule has 1 aromatic rings. The van der Waals surface area contributed by atoms with E-state index in [1.54, 1.807) is 6.07 Å². The summed E-state index contributed by atoms with van der Waals surface area (Å²) in [5, 5.41) is 0.545. The van der Waals surface area contributed by atoms with E-state index in [0.717, 1.165) is 23.6 Å². The second-order valence-corrected chi connectivity index (χ2v) is 5.99. The monoisotopic (exact) mass is 289 g/mol. The van der Waals surface area contributed by atoms with E-state index in [0.29, 0.717) is 5.02 Å². The summed E-state index contributed by atoms with van der Waals surface area (Å²) in [6.45, 7) is 1.00.